The van der Waals surface area contributed by atoms with Crippen LogP contribution in [0.5, 0.6) is 0 Å². The lowest BCUT2D eigenvalue weighted by Gasteiger charge is -2.23. The third-order valence-electron chi connectivity index (χ3n) is 2.94. The molecule has 0 bridgehead atoms. The molecular weight excluding hydrogens is 293 g/mol. The van der Waals surface area contributed by atoms with Crippen molar-refractivity contribution in [2.24, 2.45) is 5.92 Å². The minimum absolute atomic E-state index is 0.0195. The molecule has 1 aromatic carbocycles. The summed E-state index contributed by atoms with van der Waals surface area (Å²) in [6.45, 7) is 4.66. The van der Waals surface area contributed by atoms with Crippen LogP contribution in [0.4, 0.5) is 10.1 Å². The third-order valence-corrected chi connectivity index (χ3v) is 4.46. The number of rotatable bonds is 7. The summed E-state index contributed by atoms with van der Waals surface area (Å²) in [4.78, 5) is 1.91. The van der Waals surface area contributed by atoms with Crippen molar-refractivity contribution in [2.45, 2.75) is 31.2 Å². The quantitative estimate of drug-likeness (QED) is 0.750. The molecule has 5 nitrogen and oxygen atoms in total. The van der Waals surface area contributed by atoms with Crippen molar-refractivity contribution in [1.82, 2.24) is 9.62 Å². The Labute approximate surface area is 126 Å². The summed E-state index contributed by atoms with van der Waals surface area (Å²) in [5, 5.41) is 0. The molecule has 0 saturated heterocycles. The van der Waals surface area contributed by atoms with E-state index in [4.69, 9.17) is 5.73 Å². The van der Waals surface area contributed by atoms with E-state index in [0.717, 1.165) is 12.1 Å². The van der Waals surface area contributed by atoms with Crippen molar-refractivity contribution < 1.29 is 12.8 Å². The molecule has 0 heterocycles. The highest BCUT2D eigenvalue weighted by Crippen LogP contribution is 2.18. The van der Waals surface area contributed by atoms with Crippen molar-refractivity contribution >= 4 is 15.7 Å². The zero-order chi connectivity index (χ0) is 16.2. The van der Waals surface area contributed by atoms with E-state index in [-0.39, 0.29) is 16.6 Å². The molecule has 0 aliphatic carbocycles. The Kier molecular flexibility index (Phi) is 6.12. The Bertz CT molecular complexity index is 564. The molecule has 0 saturated carbocycles. The highest BCUT2D eigenvalue weighted by molar-refractivity contribution is 7.89. The van der Waals surface area contributed by atoms with Gasteiger partial charge < -0.3 is 10.6 Å². The van der Waals surface area contributed by atoms with Gasteiger partial charge in [0.2, 0.25) is 10.0 Å². The van der Waals surface area contributed by atoms with Crippen LogP contribution in [0.25, 0.3) is 0 Å². The minimum atomic E-state index is -3.71. The lowest BCUT2D eigenvalue weighted by molar-refractivity contribution is 0.329. The summed E-state index contributed by atoms with van der Waals surface area (Å²) in [5.41, 5.74) is 5.26. The summed E-state index contributed by atoms with van der Waals surface area (Å²) in [6, 6.07) is 3.21. The van der Waals surface area contributed by atoms with Crippen LogP contribution in [0.1, 0.15) is 20.3 Å². The molecule has 0 spiro atoms. The van der Waals surface area contributed by atoms with Gasteiger partial charge in [-0.3, -0.25) is 0 Å². The Balaban J connectivity index is 2.96. The number of nitrogens with one attached hydrogen (secondary N) is 1. The second-order valence-corrected chi connectivity index (χ2v) is 7.61. The highest BCUT2D eigenvalue weighted by atomic mass is 32.2. The molecule has 1 aromatic rings. The van der Waals surface area contributed by atoms with E-state index in [1.54, 1.807) is 0 Å². The maximum absolute atomic E-state index is 13.1. The zero-order valence-electron chi connectivity index (χ0n) is 12.9. The molecule has 1 rings (SSSR count). The molecule has 120 valence electrons. The van der Waals surface area contributed by atoms with Gasteiger partial charge in [0.05, 0.1) is 10.6 Å². The van der Waals surface area contributed by atoms with Gasteiger partial charge in [-0.1, -0.05) is 13.8 Å². The van der Waals surface area contributed by atoms with Gasteiger partial charge in [-0.15, -0.1) is 0 Å². The molecule has 1 atom stereocenters. The first-order valence-corrected chi connectivity index (χ1v) is 8.32. The van der Waals surface area contributed by atoms with Gasteiger partial charge >= 0.3 is 0 Å². The van der Waals surface area contributed by atoms with Crippen LogP contribution in [-0.4, -0.2) is 40.0 Å². The van der Waals surface area contributed by atoms with Crippen LogP contribution in [0.3, 0.4) is 0 Å². The number of likely N-dealkylation sites (N-methyl/N-ethyl adjacent to an activating group) is 1. The fraction of sp³-hybridized carbons (Fsp3) is 0.571. The monoisotopic (exact) mass is 317 g/mol. The van der Waals surface area contributed by atoms with Crippen molar-refractivity contribution in [3.8, 4) is 0 Å². The van der Waals surface area contributed by atoms with Gasteiger partial charge in [0, 0.05) is 12.6 Å². The largest absolute Gasteiger partial charge is 0.396 e. The smallest absolute Gasteiger partial charge is 0.240 e. The molecule has 0 fully saturated rings. The predicted molar refractivity (Wildman–Crippen MR) is 82.9 cm³/mol. The van der Waals surface area contributed by atoms with Crippen molar-refractivity contribution in [2.75, 3.05) is 26.4 Å². The SMILES string of the molecule is CC(C)CC(CN(C)C)NS(=O)(=O)c1ccc(F)c(N)c1. The van der Waals surface area contributed by atoms with E-state index in [1.807, 2.05) is 32.8 Å². The van der Waals surface area contributed by atoms with E-state index in [2.05, 4.69) is 4.72 Å². The first-order valence-electron chi connectivity index (χ1n) is 6.84. The number of nitrogens with zero attached hydrogens (tertiary/aromatic N) is 1. The van der Waals surface area contributed by atoms with Crippen LogP contribution in [0.15, 0.2) is 23.1 Å². The molecular formula is C14H24FN3O2S. The van der Waals surface area contributed by atoms with Crippen molar-refractivity contribution in [3.05, 3.63) is 24.0 Å². The van der Waals surface area contributed by atoms with Crippen LogP contribution in [-0.2, 0) is 10.0 Å². The van der Waals surface area contributed by atoms with Crippen LogP contribution >= 0.6 is 0 Å². The molecule has 1 unspecified atom stereocenters. The van der Waals surface area contributed by atoms with Gasteiger partial charge in [-0.25, -0.2) is 17.5 Å². The second-order valence-electron chi connectivity index (χ2n) is 5.89. The number of nitrogen functional groups attached to an aromatic ring is 1. The normalized spacial score (nSPS) is 13.9. The van der Waals surface area contributed by atoms with Gasteiger partial charge in [-0.2, -0.15) is 0 Å². The fourth-order valence-corrected chi connectivity index (χ4v) is 3.42. The van der Waals surface area contributed by atoms with E-state index in [0.29, 0.717) is 18.9 Å². The second kappa shape index (κ2) is 7.20. The van der Waals surface area contributed by atoms with Crippen LogP contribution < -0.4 is 10.5 Å². The highest BCUT2D eigenvalue weighted by Gasteiger charge is 2.22. The standard InChI is InChI=1S/C14H24FN3O2S/c1-10(2)7-11(9-18(3)4)17-21(19,20)12-5-6-13(15)14(16)8-12/h5-6,8,10-11,17H,7,9,16H2,1-4H3. The van der Waals surface area contributed by atoms with E-state index in [1.165, 1.54) is 6.07 Å². The molecule has 0 aliphatic heterocycles. The summed E-state index contributed by atoms with van der Waals surface area (Å²) in [5.74, 6) is -0.267. The van der Waals surface area contributed by atoms with E-state index >= 15 is 0 Å². The van der Waals surface area contributed by atoms with Gasteiger partial charge in [0.25, 0.3) is 0 Å². The number of halogens is 1. The van der Waals surface area contributed by atoms with E-state index in [9.17, 15) is 12.8 Å². The third kappa shape index (κ3) is 5.61. The zero-order valence-corrected chi connectivity index (χ0v) is 13.7. The topological polar surface area (TPSA) is 75.4 Å². The fourth-order valence-electron chi connectivity index (χ4n) is 2.15. The lowest BCUT2D eigenvalue weighted by atomic mass is 10.0. The first-order chi connectivity index (χ1) is 9.61. The number of nitrogens with two attached hydrogens (primary N) is 1. The number of anilines is 1. The summed E-state index contributed by atoms with van der Waals surface area (Å²) in [7, 11) is 0.0595. The maximum Gasteiger partial charge on any atom is 0.240 e. The molecule has 0 radical (unpaired) electrons. The van der Waals surface area contributed by atoms with E-state index < -0.39 is 15.8 Å². The summed E-state index contributed by atoms with van der Waals surface area (Å²) < 4.78 is 40.5. The number of hydrogen-bond acceptors (Lipinski definition) is 4. The Morgan fingerprint density at radius 2 is 1.95 bits per heavy atom. The van der Waals surface area contributed by atoms with Crippen LogP contribution in [0, 0.1) is 11.7 Å². The lowest BCUT2D eigenvalue weighted by Crippen LogP contribution is -2.42. The van der Waals surface area contributed by atoms with Gasteiger partial charge in [0.15, 0.2) is 0 Å². The maximum atomic E-state index is 13.1. The van der Waals surface area contributed by atoms with Crippen molar-refractivity contribution in [1.29, 1.82) is 0 Å². The molecule has 3 N–H and O–H groups in total. The summed E-state index contributed by atoms with van der Waals surface area (Å²) >= 11 is 0. The Hall–Kier alpha value is -1.18. The number of hydrogen-bond donors (Lipinski definition) is 2. The van der Waals surface area contributed by atoms with Gasteiger partial charge in [0.1, 0.15) is 5.82 Å². The minimum Gasteiger partial charge on any atom is -0.396 e. The number of sulfonamides is 1. The molecule has 21 heavy (non-hydrogen) atoms. The number of benzene rings is 1. The molecule has 0 amide bonds. The molecule has 7 heteroatoms. The Morgan fingerprint density at radius 1 is 1.33 bits per heavy atom. The predicted octanol–water partition coefficient (Wildman–Crippen LogP) is 1.66. The van der Waals surface area contributed by atoms with Gasteiger partial charge in [-0.05, 0) is 44.6 Å². The first kappa shape index (κ1) is 17.9. The molecule has 0 aliphatic rings. The average Bonchev–Trinajstić information content (AvgIpc) is 2.29. The van der Waals surface area contributed by atoms with Crippen LogP contribution in [0.2, 0.25) is 0 Å². The molecule has 0 aromatic heterocycles. The summed E-state index contributed by atoms with van der Waals surface area (Å²) in [6.07, 6.45) is 0.716. The van der Waals surface area contributed by atoms with Crippen molar-refractivity contribution in [3.63, 3.8) is 0 Å². The average molecular weight is 317 g/mol. The Morgan fingerprint density at radius 3 is 2.43 bits per heavy atom.